The van der Waals surface area contributed by atoms with Crippen molar-refractivity contribution in [3.8, 4) is 0 Å². The van der Waals surface area contributed by atoms with Gasteiger partial charge in [0.15, 0.2) is 0 Å². The second-order valence-electron chi connectivity index (χ2n) is 9.02. The number of ether oxygens (including phenoxy) is 1. The van der Waals surface area contributed by atoms with Crippen molar-refractivity contribution < 1.29 is 14.3 Å². The maximum Gasteiger partial charge on any atom is 0.317 e. The molecule has 0 rings (SSSR count). The molecule has 0 heterocycles. The lowest BCUT2D eigenvalue weighted by Crippen LogP contribution is -2.36. The Morgan fingerprint density at radius 1 is 0.800 bits per heavy atom. The van der Waals surface area contributed by atoms with E-state index in [0.717, 1.165) is 25.7 Å². The van der Waals surface area contributed by atoms with E-state index in [-0.39, 0.29) is 34.6 Å². The number of unbranched alkanes of at least 4 members (excludes halogenated alkanes) is 2. The minimum Gasteiger partial charge on any atom is -0.393 e. The van der Waals surface area contributed by atoms with Crippen LogP contribution in [0.5, 0.6) is 0 Å². The molecule has 25 heavy (non-hydrogen) atoms. The van der Waals surface area contributed by atoms with E-state index in [1.807, 2.05) is 53.7 Å². The maximum atomic E-state index is 12.7. The quantitative estimate of drug-likeness (QED) is 0.207. The fourth-order valence-electron chi connectivity index (χ4n) is 2.98. The molecule has 3 nitrogen and oxygen atoms in total. The van der Waals surface area contributed by atoms with Gasteiger partial charge in [-0.3, -0.25) is 9.59 Å². The average Bonchev–Trinajstić information content (AvgIpc) is 2.45. The lowest BCUT2D eigenvalue weighted by atomic mass is 9.77. The molecule has 0 aliphatic carbocycles. The lowest BCUT2D eigenvalue weighted by Gasteiger charge is -2.31. The molecule has 0 N–H and O–H groups in total. The van der Waals surface area contributed by atoms with Gasteiger partial charge in [0, 0.05) is 0 Å². The molecule has 0 radical (unpaired) electrons. The van der Waals surface area contributed by atoms with E-state index >= 15 is 0 Å². The van der Waals surface area contributed by atoms with E-state index in [9.17, 15) is 9.59 Å². The van der Waals surface area contributed by atoms with Crippen LogP contribution in [0.1, 0.15) is 80.1 Å². The number of rotatable bonds is 10. The van der Waals surface area contributed by atoms with Crippen LogP contribution in [0.2, 0.25) is 0 Å². The van der Waals surface area contributed by atoms with Crippen LogP contribution in [0.3, 0.4) is 0 Å². The van der Waals surface area contributed by atoms with Crippen molar-refractivity contribution in [2.24, 2.45) is 22.7 Å². The van der Waals surface area contributed by atoms with Gasteiger partial charge in [-0.1, -0.05) is 53.7 Å². The van der Waals surface area contributed by atoms with E-state index in [0.29, 0.717) is 12.8 Å². The van der Waals surface area contributed by atoms with Gasteiger partial charge < -0.3 is 4.74 Å². The van der Waals surface area contributed by atoms with Gasteiger partial charge in [-0.2, -0.15) is 0 Å². The number of hydrogen-bond donors (Lipinski definition) is 0. The Bertz CT molecular complexity index is 407. The molecule has 0 aromatic rings. The highest BCUT2D eigenvalue weighted by Crippen LogP contribution is 2.34. The summed E-state index contributed by atoms with van der Waals surface area (Å²) in [4.78, 5) is 25.3. The molecule has 0 aromatic carbocycles. The molecule has 2 unspecified atom stereocenters. The van der Waals surface area contributed by atoms with Crippen molar-refractivity contribution in [1.82, 2.24) is 0 Å². The number of hydrogen-bond acceptors (Lipinski definition) is 3. The molecule has 0 aliphatic heterocycles. The van der Waals surface area contributed by atoms with Gasteiger partial charge in [-0.05, 0) is 49.4 Å². The maximum absolute atomic E-state index is 12.7. The van der Waals surface area contributed by atoms with Crippen LogP contribution in [0, 0.1) is 22.7 Å². The predicted octanol–water partition coefficient (Wildman–Crippen LogP) is 6.09. The highest BCUT2D eigenvalue weighted by molar-refractivity contribution is 5.88. The lowest BCUT2D eigenvalue weighted by molar-refractivity contribution is -0.170. The van der Waals surface area contributed by atoms with Crippen LogP contribution in [0.15, 0.2) is 25.3 Å². The fraction of sp³-hybridized carbons (Fsp3) is 0.727. The Hall–Kier alpha value is -1.38. The van der Waals surface area contributed by atoms with E-state index in [2.05, 4.69) is 13.2 Å². The van der Waals surface area contributed by atoms with Gasteiger partial charge in [0.2, 0.25) is 0 Å². The molecule has 0 bridgehead atoms. The van der Waals surface area contributed by atoms with Gasteiger partial charge in [0.25, 0.3) is 0 Å². The van der Waals surface area contributed by atoms with Gasteiger partial charge in [-0.25, -0.2) is 0 Å². The normalized spacial score (nSPS) is 14.5. The van der Waals surface area contributed by atoms with Crippen molar-refractivity contribution in [2.45, 2.75) is 80.1 Å². The zero-order valence-electron chi connectivity index (χ0n) is 17.2. The number of esters is 2. The third-order valence-corrected chi connectivity index (χ3v) is 4.66. The summed E-state index contributed by atoms with van der Waals surface area (Å²) in [6, 6.07) is 0. The van der Waals surface area contributed by atoms with Crippen LogP contribution in [-0.4, -0.2) is 11.9 Å². The predicted molar refractivity (Wildman–Crippen MR) is 105 cm³/mol. The van der Waals surface area contributed by atoms with Gasteiger partial charge in [-0.15, -0.1) is 13.2 Å². The Morgan fingerprint density at radius 2 is 1.12 bits per heavy atom. The van der Waals surface area contributed by atoms with Crippen molar-refractivity contribution in [1.29, 1.82) is 0 Å². The summed E-state index contributed by atoms with van der Waals surface area (Å²) in [6.45, 7) is 19.5. The SMILES string of the molecule is C=CCCCC(C(=O)OC(=O)C(CCCC=C)C(C)(C)C)C(C)(C)C. The number of carbonyl (C=O) groups is 2. The average molecular weight is 351 g/mol. The molecule has 2 atom stereocenters. The highest BCUT2D eigenvalue weighted by atomic mass is 16.6. The van der Waals surface area contributed by atoms with Crippen molar-refractivity contribution in [3.05, 3.63) is 25.3 Å². The first-order valence-corrected chi connectivity index (χ1v) is 9.42. The van der Waals surface area contributed by atoms with Crippen LogP contribution in [0.4, 0.5) is 0 Å². The molecule has 0 aliphatic rings. The second-order valence-corrected chi connectivity index (χ2v) is 9.02. The molecule has 3 heteroatoms. The van der Waals surface area contributed by atoms with Gasteiger partial charge in [0.1, 0.15) is 0 Å². The molecule has 0 saturated heterocycles. The smallest absolute Gasteiger partial charge is 0.317 e. The minimum absolute atomic E-state index is 0.237. The van der Waals surface area contributed by atoms with Crippen LogP contribution >= 0.6 is 0 Å². The minimum atomic E-state index is -0.389. The van der Waals surface area contributed by atoms with E-state index in [4.69, 9.17) is 4.74 Å². The number of carbonyl (C=O) groups excluding carboxylic acids is 2. The zero-order chi connectivity index (χ0) is 19.7. The first kappa shape index (κ1) is 23.6. The Labute approximate surface area is 154 Å². The molecular formula is C22H38O3. The largest absolute Gasteiger partial charge is 0.393 e. The monoisotopic (exact) mass is 350 g/mol. The van der Waals surface area contributed by atoms with E-state index in [1.165, 1.54) is 0 Å². The molecular weight excluding hydrogens is 312 g/mol. The third-order valence-electron chi connectivity index (χ3n) is 4.66. The van der Waals surface area contributed by atoms with Crippen LogP contribution in [0.25, 0.3) is 0 Å². The summed E-state index contributed by atoms with van der Waals surface area (Å²) in [7, 11) is 0. The Kier molecular flexibility index (Phi) is 9.99. The fourth-order valence-corrected chi connectivity index (χ4v) is 2.98. The summed E-state index contributed by atoms with van der Waals surface area (Å²) in [6.07, 6.45) is 8.58. The van der Waals surface area contributed by atoms with E-state index < -0.39 is 0 Å². The highest BCUT2D eigenvalue weighted by Gasteiger charge is 2.37. The molecule has 0 amide bonds. The molecule has 0 saturated carbocycles. The van der Waals surface area contributed by atoms with Gasteiger partial charge in [0.05, 0.1) is 11.8 Å². The zero-order valence-corrected chi connectivity index (χ0v) is 17.2. The number of allylic oxidation sites excluding steroid dienone is 2. The van der Waals surface area contributed by atoms with Crippen molar-refractivity contribution >= 4 is 11.9 Å². The van der Waals surface area contributed by atoms with Crippen LogP contribution < -0.4 is 0 Å². The van der Waals surface area contributed by atoms with E-state index in [1.54, 1.807) is 0 Å². The molecule has 0 aromatic heterocycles. The topological polar surface area (TPSA) is 43.4 Å². The summed E-state index contributed by atoms with van der Waals surface area (Å²) >= 11 is 0. The van der Waals surface area contributed by atoms with Crippen LogP contribution in [-0.2, 0) is 14.3 Å². The first-order valence-electron chi connectivity index (χ1n) is 9.42. The Morgan fingerprint density at radius 3 is 1.36 bits per heavy atom. The molecule has 0 spiro atoms. The van der Waals surface area contributed by atoms with Gasteiger partial charge >= 0.3 is 11.9 Å². The molecule has 0 fully saturated rings. The first-order chi connectivity index (χ1) is 11.4. The summed E-state index contributed by atoms with van der Waals surface area (Å²) in [5, 5.41) is 0. The van der Waals surface area contributed by atoms with Crippen molar-refractivity contribution in [3.63, 3.8) is 0 Å². The van der Waals surface area contributed by atoms with Crippen molar-refractivity contribution in [2.75, 3.05) is 0 Å². The molecule has 144 valence electrons. The summed E-state index contributed by atoms with van der Waals surface area (Å²) in [5.74, 6) is -1.35. The Balaban J connectivity index is 5.05. The third kappa shape index (κ3) is 9.04. The summed E-state index contributed by atoms with van der Waals surface area (Å²) < 4.78 is 5.36. The standard InChI is InChI=1S/C22H38O3/c1-9-11-13-15-17(21(3,4)5)19(23)25-20(24)18(22(6,7)8)16-14-12-10-2/h9-10,17-18H,1-2,11-16H2,3-8H3. The second kappa shape index (κ2) is 10.6. The summed E-state index contributed by atoms with van der Waals surface area (Å²) in [5.41, 5.74) is -0.475.